The molecule has 4 rings (SSSR count). The first-order valence-corrected chi connectivity index (χ1v) is 10.2. The van der Waals surface area contributed by atoms with E-state index in [4.69, 9.17) is 4.98 Å². The van der Waals surface area contributed by atoms with Gasteiger partial charge in [0.15, 0.2) is 5.65 Å². The third-order valence-corrected chi connectivity index (χ3v) is 6.05. The Morgan fingerprint density at radius 2 is 2.00 bits per heavy atom. The first-order chi connectivity index (χ1) is 12.9. The smallest absolute Gasteiger partial charge is 0.252 e. The number of carbonyl (C=O) groups excluding carboxylic acids is 1. The Bertz CT molecular complexity index is 852. The summed E-state index contributed by atoms with van der Waals surface area (Å²) in [6, 6.07) is 2.27. The van der Waals surface area contributed by atoms with Gasteiger partial charge >= 0.3 is 0 Å². The number of hydrogen-bond donors (Lipinski definition) is 1. The highest BCUT2D eigenvalue weighted by Gasteiger charge is 2.31. The maximum Gasteiger partial charge on any atom is 0.252 e. The Balaban J connectivity index is 1.65. The summed E-state index contributed by atoms with van der Waals surface area (Å²) in [5.74, 6) is 1.07. The fourth-order valence-electron chi connectivity index (χ4n) is 4.56. The van der Waals surface area contributed by atoms with E-state index in [2.05, 4.69) is 29.4 Å². The molecule has 2 aliphatic carbocycles. The highest BCUT2D eigenvalue weighted by Crippen LogP contribution is 2.40. The van der Waals surface area contributed by atoms with Crippen molar-refractivity contribution in [2.75, 3.05) is 20.6 Å². The monoisotopic (exact) mass is 369 g/mol. The van der Waals surface area contributed by atoms with Gasteiger partial charge < -0.3 is 10.2 Å². The molecule has 2 aromatic heterocycles. The molecule has 2 atom stereocenters. The SMILES string of the molecule is Cc1nn(C)c2nc(C3CC3)cc(C(=O)NC3CCCCC3CN(C)C)c12. The molecule has 0 spiro atoms. The van der Waals surface area contributed by atoms with E-state index in [1.807, 2.05) is 24.7 Å². The number of aryl methyl sites for hydroxylation is 2. The van der Waals surface area contributed by atoms with E-state index in [1.165, 1.54) is 32.1 Å². The summed E-state index contributed by atoms with van der Waals surface area (Å²) in [5, 5.41) is 8.80. The molecule has 6 nitrogen and oxygen atoms in total. The normalized spacial score (nSPS) is 23.1. The summed E-state index contributed by atoms with van der Waals surface area (Å²) < 4.78 is 1.81. The minimum atomic E-state index is 0.0380. The lowest BCUT2D eigenvalue weighted by atomic mass is 9.84. The van der Waals surface area contributed by atoms with Crippen LogP contribution in [0.15, 0.2) is 6.07 Å². The molecule has 0 bridgehead atoms. The molecule has 2 heterocycles. The van der Waals surface area contributed by atoms with Gasteiger partial charge in [0.1, 0.15) is 0 Å². The van der Waals surface area contributed by atoms with Crippen molar-refractivity contribution in [2.45, 2.75) is 57.4 Å². The lowest BCUT2D eigenvalue weighted by Crippen LogP contribution is -2.45. The van der Waals surface area contributed by atoms with Crippen molar-refractivity contribution in [3.05, 3.63) is 23.0 Å². The molecule has 2 saturated carbocycles. The zero-order chi connectivity index (χ0) is 19.1. The number of fused-ring (bicyclic) bond motifs is 1. The summed E-state index contributed by atoms with van der Waals surface area (Å²) in [5.41, 5.74) is 3.50. The average molecular weight is 370 g/mol. The molecule has 1 N–H and O–H groups in total. The molecule has 146 valence electrons. The van der Waals surface area contributed by atoms with Gasteiger partial charge in [0.25, 0.3) is 5.91 Å². The van der Waals surface area contributed by atoms with Gasteiger partial charge in [0.05, 0.1) is 16.6 Å². The molecule has 0 aromatic carbocycles. The van der Waals surface area contributed by atoms with Gasteiger partial charge in [0.2, 0.25) is 0 Å². The number of nitrogens with zero attached hydrogens (tertiary/aromatic N) is 4. The Hall–Kier alpha value is -1.95. The zero-order valence-electron chi connectivity index (χ0n) is 17.0. The third kappa shape index (κ3) is 3.72. The molecule has 2 aromatic rings. The molecule has 0 aliphatic heterocycles. The lowest BCUT2D eigenvalue weighted by Gasteiger charge is -2.34. The zero-order valence-corrected chi connectivity index (χ0v) is 17.0. The van der Waals surface area contributed by atoms with Crippen LogP contribution in [0, 0.1) is 12.8 Å². The quantitative estimate of drug-likeness (QED) is 0.880. The van der Waals surface area contributed by atoms with Crippen molar-refractivity contribution >= 4 is 16.9 Å². The van der Waals surface area contributed by atoms with Crippen LogP contribution in [0.2, 0.25) is 0 Å². The van der Waals surface area contributed by atoms with E-state index in [1.54, 1.807) is 0 Å². The summed E-state index contributed by atoms with van der Waals surface area (Å²) >= 11 is 0. The molecule has 0 saturated heterocycles. The predicted octanol–water partition coefficient (Wildman–Crippen LogP) is 3.00. The molecule has 2 unspecified atom stereocenters. The average Bonchev–Trinajstić information content (AvgIpc) is 3.42. The van der Waals surface area contributed by atoms with Crippen molar-refractivity contribution in [3.8, 4) is 0 Å². The summed E-state index contributed by atoms with van der Waals surface area (Å²) in [7, 11) is 6.14. The van der Waals surface area contributed by atoms with Crippen LogP contribution < -0.4 is 5.32 Å². The van der Waals surface area contributed by atoms with Gasteiger partial charge in [-0.05, 0) is 58.7 Å². The minimum Gasteiger partial charge on any atom is -0.349 e. The second-order valence-corrected chi connectivity index (χ2v) is 8.66. The van der Waals surface area contributed by atoms with E-state index >= 15 is 0 Å². The molecule has 0 radical (unpaired) electrons. The van der Waals surface area contributed by atoms with E-state index in [0.717, 1.165) is 41.0 Å². The summed E-state index contributed by atoms with van der Waals surface area (Å²) in [6.07, 6.45) is 7.06. The topological polar surface area (TPSA) is 63.1 Å². The van der Waals surface area contributed by atoms with Crippen molar-refractivity contribution in [1.29, 1.82) is 0 Å². The minimum absolute atomic E-state index is 0.0380. The van der Waals surface area contributed by atoms with Gasteiger partial charge in [-0.15, -0.1) is 0 Å². The maximum absolute atomic E-state index is 13.3. The van der Waals surface area contributed by atoms with Crippen LogP contribution in [0.25, 0.3) is 11.0 Å². The van der Waals surface area contributed by atoms with Gasteiger partial charge in [-0.3, -0.25) is 9.48 Å². The number of aromatic nitrogens is 3. The van der Waals surface area contributed by atoms with Gasteiger partial charge in [0, 0.05) is 31.2 Å². The van der Waals surface area contributed by atoms with E-state index in [-0.39, 0.29) is 11.9 Å². The first kappa shape index (κ1) is 18.4. The molecule has 2 fully saturated rings. The van der Waals surface area contributed by atoms with Crippen LogP contribution in [-0.4, -0.2) is 52.3 Å². The number of carbonyl (C=O) groups is 1. The third-order valence-electron chi connectivity index (χ3n) is 6.05. The Morgan fingerprint density at radius 1 is 1.26 bits per heavy atom. The number of pyridine rings is 1. The van der Waals surface area contributed by atoms with Crippen LogP contribution in [0.1, 0.15) is 66.2 Å². The molecular weight excluding hydrogens is 338 g/mol. The Kier molecular flexibility index (Phi) is 4.93. The largest absolute Gasteiger partial charge is 0.349 e. The first-order valence-electron chi connectivity index (χ1n) is 10.2. The molecular formula is C21H31N5O. The second-order valence-electron chi connectivity index (χ2n) is 8.66. The molecule has 6 heteroatoms. The standard InChI is InChI=1S/C21H31N5O/c1-13-19-16(11-18(14-9-10-14)22-20(19)26(4)24-13)21(27)23-17-8-6-5-7-15(17)12-25(2)3/h11,14-15,17H,5-10,12H2,1-4H3,(H,23,27). The number of rotatable bonds is 5. The number of amides is 1. The van der Waals surface area contributed by atoms with Crippen molar-refractivity contribution in [1.82, 2.24) is 25.0 Å². The summed E-state index contributed by atoms with van der Waals surface area (Å²) in [4.78, 5) is 20.4. The fourth-order valence-corrected chi connectivity index (χ4v) is 4.56. The maximum atomic E-state index is 13.3. The van der Waals surface area contributed by atoms with E-state index in [0.29, 0.717) is 11.8 Å². The highest BCUT2D eigenvalue weighted by atomic mass is 16.1. The van der Waals surface area contributed by atoms with E-state index in [9.17, 15) is 4.79 Å². The predicted molar refractivity (Wildman–Crippen MR) is 107 cm³/mol. The van der Waals surface area contributed by atoms with Crippen LogP contribution in [-0.2, 0) is 7.05 Å². The lowest BCUT2D eigenvalue weighted by molar-refractivity contribution is 0.0897. The van der Waals surface area contributed by atoms with Crippen LogP contribution in [0.5, 0.6) is 0 Å². The number of nitrogens with one attached hydrogen (secondary N) is 1. The van der Waals surface area contributed by atoms with E-state index < -0.39 is 0 Å². The Morgan fingerprint density at radius 3 is 2.70 bits per heavy atom. The highest BCUT2D eigenvalue weighted by molar-refractivity contribution is 6.06. The van der Waals surface area contributed by atoms with Crippen LogP contribution >= 0.6 is 0 Å². The molecule has 1 amide bonds. The van der Waals surface area contributed by atoms with Gasteiger partial charge in [-0.2, -0.15) is 5.10 Å². The van der Waals surface area contributed by atoms with Crippen LogP contribution in [0.4, 0.5) is 0 Å². The molecule has 27 heavy (non-hydrogen) atoms. The Labute approximate surface area is 161 Å². The van der Waals surface area contributed by atoms with Crippen molar-refractivity contribution in [3.63, 3.8) is 0 Å². The number of hydrogen-bond acceptors (Lipinski definition) is 4. The fraction of sp³-hybridized carbons (Fsp3) is 0.667. The molecule has 2 aliphatic rings. The van der Waals surface area contributed by atoms with Gasteiger partial charge in [-0.25, -0.2) is 4.98 Å². The summed E-state index contributed by atoms with van der Waals surface area (Å²) in [6.45, 7) is 2.99. The van der Waals surface area contributed by atoms with Crippen molar-refractivity contribution in [2.24, 2.45) is 13.0 Å². The van der Waals surface area contributed by atoms with Crippen molar-refractivity contribution < 1.29 is 4.79 Å². The van der Waals surface area contributed by atoms with Crippen LogP contribution in [0.3, 0.4) is 0 Å². The van der Waals surface area contributed by atoms with Gasteiger partial charge in [-0.1, -0.05) is 12.8 Å². The second kappa shape index (κ2) is 7.23.